The molecule has 1 aliphatic rings. The molecule has 0 radical (unpaired) electrons. The summed E-state index contributed by atoms with van der Waals surface area (Å²) in [5, 5.41) is 3.23. The number of ether oxygens (including phenoxy) is 2. The van der Waals surface area contributed by atoms with Gasteiger partial charge >= 0.3 is 0 Å². The van der Waals surface area contributed by atoms with E-state index in [2.05, 4.69) is 5.32 Å². The van der Waals surface area contributed by atoms with Gasteiger partial charge in [-0.2, -0.15) is 0 Å². The lowest BCUT2D eigenvalue weighted by Crippen LogP contribution is -2.53. The number of benzene rings is 3. The highest BCUT2D eigenvalue weighted by molar-refractivity contribution is 5.88. The van der Waals surface area contributed by atoms with Crippen molar-refractivity contribution < 1.29 is 19.1 Å². The highest BCUT2D eigenvalue weighted by atomic mass is 16.5. The molecule has 194 valence electrons. The third-order valence-electron chi connectivity index (χ3n) is 7.00. The Bertz CT molecular complexity index is 1160. The van der Waals surface area contributed by atoms with Gasteiger partial charge in [-0.15, -0.1) is 0 Å². The fraction of sp³-hybridized carbons (Fsp3) is 0.355. The summed E-state index contributed by atoms with van der Waals surface area (Å²) in [5.41, 5.74) is 3.09. The van der Waals surface area contributed by atoms with E-state index in [0.717, 1.165) is 42.4 Å². The average Bonchev–Trinajstić information content (AvgIpc) is 3.44. The fourth-order valence-electron chi connectivity index (χ4n) is 4.79. The number of rotatable bonds is 11. The molecule has 0 aliphatic heterocycles. The van der Waals surface area contributed by atoms with Gasteiger partial charge in [0.1, 0.15) is 17.5 Å². The molecule has 0 saturated heterocycles. The standard InChI is InChI=1S/C31H36N2O4/c1-23-10-6-7-13-25(23)21-33(30(34)22-37-28-18-16-27(36-2)17-19-28)29(20-24-11-4-3-5-12-24)31(35)32-26-14-8-9-15-26/h3-7,10-13,16-19,26,29H,8-9,14-15,20-22H2,1-2H3,(H,32,35). The minimum absolute atomic E-state index is 0.109. The largest absolute Gasteiger partial charge is 0.497 e. The number of amides is 2. The molecular formula is C31H36N2O4. The highest BCUT2D eigenvalue weighted by Gasteiger charge is 2.32. The van der Waals surface area contributed by atoms with E-state index in [1.54, 1.807) is 36.3 Å². The third kappa shape index (κ3) is 7.35. The van der Waals surface area contributed by atoms with Crippen molar-refractivity contribution in [2.24, 2.45) is 0 Å². The van der Waals surface area contributed by atoms with Gasteiger partial charge in [-0.1, -0.05) is 67.4 Å². The van der Waals surface area contributed by atoms with E-state index in [1.165, 1.54) is 0 Å². The molecule has 37 heavy (non-hydrogen) atoms. The molecule has 1 N–H and O–H groups in total. The average molecular weight is 501 g/mol. The minimum Gasteiger partial charge on any atom is -0.497 e. The summed E-state index contributed by atoms with van der Waals surface area (Å²) in [7, 11) is 1.60. The number of hydrogen-bond acceptors (Lipinski definition) is 4. The predicted molar refractivity (Wildman–Crippen MR) is 145 cm³/mol. The van der Waals surface area contributed by atoms with Crippen LogP contribution in [0.3, 0.4) is 0 Å². The normalized spacial score (nSPS) is 14.1. The predicted octanol–water partition coefficient (Wildman–Crippen LogP) is 5.08. The Balaban J connectivity index is 1.60. The van der Waals surface area contributed by atoms with Gasteiger partial charge in [-0.25, -0.2) is 0 Å². The second-order valence-corrected chi connectivity index (χ2v) is 9.61. The lowest BCUT2D eigenvalue weighted by Gasteiger charge is -2.32. The summed E-state index contributed by atoms with van der Waals surface area (Å²) < 4.78 is 11.1. The SMILES string of the molecule is COc1ccc(OCC(=O)N(Cc2ccccc2C)C(Cc2ccccc2)C(=O)NC2CCCC2)cc1. The molecule has 0 aromatic heterocycles. The molecular weight excluding hydrogens is 464 g/mol. The first-order valence-corrected chi connectivity index (χ1v) is 13.0. The van der Waals surface area contributed by atoms with Gasteiger partial charge in [-0.3, -0.25) is 9.59 Å². The quantitative estimate of drug-likeness (QED) is 0.399. The number of hydrogen-bond donors (Lipinski definition) is 1. The number of aryl methyl sites for hydroxylation is 1. The third-order valence-corrected chi connectivity index (χ3v) is 7.00. The minimum atomic E-state index is -0.658. The monoisotopic (exact) mass is 500 g/mol. The molecule has 1 unspecified atom stereocenters. The van der Waals surface area contributed by atoms with E-state index in [4.69, 9.17) is 9.47 Å². The number of nitrogens with zero attached hydrogens (tertiary/aromatic N) is 1. The maximum atomic E-state index is 13.7. The molecule has 6 heteroatoms. The van der Waals surface area contributed by atoms with Crippen LogP contribution in [0.5, 0.6) is 11.5 Å². The van der Waals surface area contributed by atoms with E-state index in [-0.39, 0.29) is 24.5 Å². The second-order valence-electron chi connectivity index (χ2n) is 9.61. The maximum Gasteiger partial charge on any atom is 0.261 e. The van der Waals surface area contributed by atoms with Crippen molar-refractivity contribution in [2.75, 3.05) is 13.7 Å². The Kier molecular flexibility index (Phi) is 9.19. The van der Waals surface area contributed by atoms with Crippen LogP contribution in [0.4, 0.5) is 0 Å². The molecule has 3 aromatic rings. The molecule has 1 aliphatic carbocycles. The van der Waals surface area contributed by atoms with Crippen molar-refractivity contribution in [1.82, 2.24) is 10.2 Å². The van der Waals surface area contributed by atoms with Crippen LogP contribution in [-0.2, 0) is 22.6 Å². The number of carbonyl (C=O) groups excluding carboxylic acids is 2. The number of methoxy groups -OCH3 is 1. The van der Waals surface area contributed by atoms with Crippen molar-refractivity contribution in [1.29, 1.82) is 0 Å². The smallest absolute Gasteiger partial charge is 0.261 e. The lowest BCUT2D eigenvalue weighted by molar-refractivity contribution is -0.143. The van der Waals surface area contributed by atoms with E-state index < -0.39 is 6.04 Å². The van der Waals surface area contributed by atoms with Crippen LogP contribution in [0.1, 0.15) is 42.4 Å². The first-order chi connectivity index (χ1) is 18.0. The molecule has 0 spiro atoms. The summed E-state index contributed by atoms with van der Waals surface area (Å²) in [4.78, 5) is 29.1. The molecule has 3 aromatic carbocycles. The summed E-state index contributed by atoms with van der Waals surface area (Å²) in [6.07, 6.45) is 4.64. The van der Waals surface area contributed by atoms with Crippen molar-refractivity contribution in [3.63, 3.8) is 0 Å². The Morgan fingerprint density at radius 3 is 2.24 bits per heavy atom. The number of carbonyl (C=O) groups is 2. The van der Waals surface area contributed by atoms with Gasteiger partial charge in [0.25, 0.3) is 5.91 Å². The molecule has 1 fully saturated rings. The van der Waals surface area contributed by atoms with E-state index in [1.807, 2.05) is 61.5 Å². The summed E-state index contributed by atoms with van der Waals surface area (Å²) in [6, 6.07) is 24.5. The molecule has 2 amide bonds. The van der Waals surface area contributed by atoms with E-state index in [9.17, 15) is 9.59 Å². The van der Waals surface area contributed by atoms with Gasteiger partial charge in [0, 0.05) is 19.0 Å². The Hall–Kier alpha value is -3.80. The zero-order valence-corrected chi connectivity index (χ0v) is 21.7. The van der Waals surface area contributed by atoms with Gasteiger partial charge < -0.3 is 19.7 Å². The number of nitrogens with one attached hydrogen (secondary N) is 1. The Labute approximate surface area is 219 Å². The van der Waals surface area contributed by atoms with Crippen LogP contribution in [0.25, 0.3) is 0 Å². The Morgan fingerprint density at radius 1 is 0.919 bits per heavy atom. The second kappa shape index (κ2) is 12.9. The van der Waals surface area contributed by atoms with Crippen molar-refractivity contribution in [2.45, 2.75) is 57.7 Å². The van der Waals surface area contributed by atoms with Crippen molar-refractivity contribution in [3.05, 3.63) is 95.6 Å². The molecule has 1 atom stereocenters. The first-order valence-electron chi connectivity index (χ1n) is 13.0. The Morgan fingerprint density at radius 2 is 1.57 bits per heavy atom. The van der Waals surface area contributed by atoms with Crippen molar-refractivity contribution in [3.8, 4) is 11.5 Å². The van der Waals surface area contributed by atoms with Crippen LogP contribution in [0, 0.1) is 6.92 Å². The molecule has 6 nitrogen and oxygen atoms in total. The zero-order chi connectivity index (χ0) is 26.0. The summed E-state index contributed by atoms with van der Waals surface area (Å²) in [6.45, 7) is 2.18. The molecule has 0 heterocycles. The zero-order valence-electron chi connectivity index (χ0n) is 21.7. The van der Waals surface area contributed by atoms with Gasteiger partial charge in [-0.05, 0) is 60.7 Å². The van der Waals surface area contributed by atoms with Gasteiger partial charge in [0.2, 0.25) is 5.91 Å². The van der Waals surface area contributed by atoms with Crippen LogP contribution < -0.4 is 14.8 Å². The summed E-state index contributed by atoms with van der Waals surface area (Å²) in [5.74, 6) is 0.940. The molecule has 1 saturated carbocycles. The fourth-order valence-corrected chi connectivity index (χ4v) is 4.79. The topological polar surface area (TPSA) is 67.9 Å². The van der Waals surface area contributed by atoms with Crippen LogP contribution in [0.15, 0.2) is 78.9 Å². The lowest BCUT2D eigenvalue weighted by atomic mass is 10.0. The molecule has 4 rings (SSSR count). The van der Waals surface area contributed by atoms with Crippen LogP contribution in [0.2, 0.25) is 0 Å². The van der Waals surface area contributed by atoms with Crippen LogP contribution >= 0.6 is 0 Å². The van der Waals surface area contributed by atoms with E-state index in [0.29, 0.717) is 24.5 Å². The van der Waals surface area contributed by atoms with Gasteiger partial charge in [0.05, 0.1) is 7.11 Å². The first kappa shape index (κ1) is 26.3. The van der Waals surface area contributed by atoms with Gasteiger partial charge in [0.15, 0.2) is 6.61 Å². The highest BCUT2D eigenvalue weighted by Crippen LogP contribution is 2.22. The maximum absolute atomic E-state index is 13.7. The molecule has 0 bridgehead atoms. The van der Waals surface area contributed by atoms with E-state index >= 15 is 0 Å². The van der Waals surface area contributed by atoms with Crippen molar-refractivity contribution >= 4 is 11.8 Å². The summed E-state index contributed by atoms with van der Waals surface area (Å²) >= 11 is 0. The van der Waals surface area contributed by atoms with Crippen LogP contribution in [-0.4, -0.2) is 42.5 Å².